The molecule has 0 fully saturated rings. The molecule has 0 atom stereocenters. The molecule has 0 bridgehead atoms. The quantitative estimate of drug-likeness (QED) is 0.338. The van der Waals surface area contributed by atoms with Crippen molar-refractivity contribution >= 4 is 12.0 Å². The van der Waals surface area contributed by atoms with Crippen molar-refractivity contribution in [2.75, 3.05) is 6.61 Å². The Bertz CT molecular complexity index is 690. The molecule has 0 aliphatic heterocycles. The molecule has 1 N–H and O–H groups in total. The number of carbonyl (C=O) groups is 1. The minimum absolute atomic E-state index is 0.0283. The van der Waals surface area contributed by atoms with Crippen LogP contribution in [-0.4, -0.2) is 17.7 Å². The first kappa shape index (κ1) is 19.6. The van der Waals surface area contributed by atoms with Crippen LogP contribution in [0.2, 0.25) is 0 Å². The van der Waals surface area contributed by atoms with Crippen LogP contribution in [0.4, 0.5) is 0 Å². The van der Waals surface area contributed by atoms with Crippen LogP contribution in [0.15, 0.2) is 60.4 Å². The van der Waals surface area contributed by atoms with Gasteiger partial charge in [0.25, 0.3) is 0 Å². The second kappa shape index (κ2) is 11.0. The number of ether oxygens (including phenoxy) is 2. The number of carboxylic acid groups (broad SMARTS) is 1. The minimum atomic E-state index is -1.05. The van der Waals surface area contributed by atoms with Gasteiger partial charge < -0.3 is 14.6 Å². The molecule has 0 heterocycles. The van der Waals surface area contributed by atoms with Crippen LogP contribution in [0.25, 0.3) is 6.08 Å². The summed E-state index contributed by atoms with van der Waals surface area (Å²) >= 11 is 0. The molecule has 0 spiro atoms. The SMILES string of the molecule is CCCCCCOC(=Cc1ccc(OCc2ccccc2)cc1)C(=O)O. The van der Waals surface area contributed by atoms with E-state index in [0.717, 1.165) is 42.6 Å². The molecule has 0 saturated heterocycles. The van der Waals surface area contributed by atoms with Gasteiger partial charge in [-0.3, -0.25) is 0 Å². The fourth-order valence-electron chi connectivity index (χ4n) is 2.43. The number of hydrogen-bond donors (Lipinski definition) is 1. The fraction of sp³-hybridized carbons (Fsp3) is 0.318. The van der Waals surface area contributed by atoms with Crippen LogP contribution in [0.3, 0.4) is 0 Å². The number of benzene rings is 2. The second-order valence-corrected chi connectivity index (χ2v) is 6.07. The third kappa shape index (κ3) is 7.01. The van der Waals surface area contributed by atoms with E-state index in [4.69, 9.17) is 9.47 Å². The van der Waals surface area contributed by atoms with Crippen molar-refractivity contribution in [3.63, 3.8) is 0 Å². The Morgan fingerprint density at radius 1 is 1.00 bits per heavy atom. The predicted molar refractivity (Wildman–Crippen MR) is 103 cm³/mol. The molecular weight excluding hydrogens is 328 g/mol. The molecule has 26 heavy (non-hydrogen) atoms. The Morgan fingerprint density at radius 3 is 2.38 bits per heavy atom. The van der Waals surface area contributed by atoms with Gasteiger partial charge in [0.15, 0.2) is 0 Å². The van der Waals surface area contributed by atoms with Crippen molar-refractivity contribution in [3.8, 4) is 5.75 Å². The maximum Gasteiger partial charge on any atom is 0.371 e. The highest BCUT2D eigenvalue weighted by Gasteiger charge is 2.09. The van der Waals surface area contributed by atoms with Gasteiger partial charge in [-0.15, -0.1) is 0 Å². The molecule has 2 rings (SSSR count). The number of rotatable bonds is 11. The Kier molecular flexibility index (Phi) is 8.27. The molecule has 0 radical (unpaired) electrons. The van der Waals surface area contributed by atoms with Gasteiger partial charge in [-0.05, 0) is 35.8 Å². The number of hydrogen-bond acceptors (Lipinski definition) is 3. The molecular formula is C22H26O4. The van der Waals surface area contributed by atoms with Gasteiger partial charge in [-0.25, -0.2) is 4.79 Å². The molecule has 0 saturated carbocycles. The maximum absolute atomic E-state index is 11.3. The third-order valence-electron chi connectivity index (χ3n) is 3.89. The van der Waals surface area contributed by atoms with Gasteiger partial charge in [-0.1, -0.05) is 68.7 Å². The first-order valence-corrected chi connectivity index (χ1v) is 9.03. The van der Waals surface area contributed by atoms with Crippen molar-refractivity contribution in [3.05, 3.63) is 71.5 Å². The molecule has 138 valence electrons. The standard InChI is InChI=1S/C22H26O4/c1-2-3-4-8-15-25-21(22(23)24)16-18-11-13-20(14-12-18)26-17-19-9-6-5-7-10-19/h5-7,9-14,16H,2-4,8,15,17H2,1H3,(H,23,24). The van der Waals surface area contributed by atoms with Gasteiger partial charge in [0, 0.05) is 0 Å². The van der Waals surface area contributed by atoms with Crippen molar-refractivity contribution in [2.45, 2.75) is 39.2 Å². The van der Waals surface area contributed by atoms with E-state index in [9.17, 15) is 9.90 Å². The Hall–Kier alpha value is -2.75. The summed E-state index contributed by atoms with van der Waals surface area (Å²) in [5.74, 6) is -0.340. The van der Waals surface area contributed by atoms with E-state index >= 15 is 0 Å². The van der Waals surface area contributed by atoms with Crippen LogP contribution in [0.1, 0.15) is 43.7 Å². The summed E-state index contributed by atoms with van der Waals surface area (Å²) in [4.78, 5) is 11.3. The maximum atomic E-state index is 11.3. The highest BCUT2D eigenvalue weighted by atomic mass is 16.5. The number of unbranched alkanes of at least 4 members (excludes halogenated alkanes) is 3. The first-order chi connectivity index (χ1) is 12.7. The lowest BCUT2D eigenvalue weighted by Crippen LogP contribution is -2.06. The lowest BCUT2D eigenvalue weighted by atomic mass is 10.2. The lowest BCUT2D eigenvalue weighted by molar-refractivity contribution is -0.136. The summed E-state index contributed by atoms with van der Waals surface area (Å²) in [6, 6.07) is 17.2. The van der Waals surface area contributed by atoms with E-state index in [1.54, 1.807) is 6.08 Å². The number of aliphatic carboxylic acids is 1. The van der Waals surface area contributed by atoms with Gasteiger partial charge in [0.2, 0.25) is 5.76 Å². The average molecular weight is 354 g/mol. The van der Waals surface area contributed by atoms with Crippen molar-refractivity contribution in [1.82, 2.24) is 0 Å². The summed E-state index contributed by atoms with van der Waals surface area (Å²) in [5.41, 5.74) is 1.86. The summed E-state index contributed by atoms with van der Waals surface area (Å²) in [6.45, 7) is 3.06. The summed E-state index contributed by atoms with van der Waals surface area (Å²) < 4.78 is 11.2. The molecule has 4 nitrogen and oxygen atoms in total. The zero-order valence-electron chi connectivity index (χ0n) is 15.2. The van der Waals surface area contributed by atoms with Gasteiger partial charge in [-0.2, -0.15) is 0 Å². The normalized spacial score (nSPS) is 11.2. The van der Waals surface area contributed by atoms with Crippen LogP contribution in [0, 0.1) is 0 Å². The van der Waals surface area contributed by atoms with Crippen molar-refractivity contribution in [1.29, 1.82) is 0 Å². The summed E-state index contributed by atoms with van der Waals surface area (Å²) in [7, 11) is 0. The average Bonchev–Trinajstić information content (AvgIpc) is 2.67. The predicted octanol–water partition coefficient (Wildman–Crippen LogP) is 5.29. The molecule has 4 heteroatoms. The van der Waals surface area contributed by atoms with E-state index in [-0.39, 0.29) is 5.76 Å². The topological polar surface area (TPSA) is 55.8 Å². The highest BCUT2D eigenvalue weighted by Crippen LogP contribution is 2.17. The summed E-state index contributed by atoms with van der Waals surface area (Å²) in [5, 5.41) is 9.28. The molecule has 0 aliphatic carbocycles. The lowest BCUT2D eigenvalue weighted by Gasteiger charge is -2.08. The summed E-state index contributed by atoms with van der Waals surface area (Å²) in [6.07, 6.45) is 5.74. The van der Waals surface area contributed by atoms with E-state index in [1.807, 2.05) is 54.6 Å². The zero-order valence-corrected chi connectivity index (χ0v) is 15.2. The molecule has 2 aromatic rings. The number of carboxylic acids is 1. The monoisotopic (exact) mass is 354 g/mol. The molecule has 0 aromatic heterocycles. The molecule has 0 aliphatic rings. The molecule has 0 amide bonds. The van der Waals surface area contributed by atoms with Gasteiger partial charge in [0.1, 0.15) is 12.4 Å². The second-order valence-electron chi connectivity index (χ2n) is 6.07. The first-order valence-electron chi connectivity index (χ1n) is 9.03. The minimum Gasteiger partial charge on any atom is -0.489 e. The van der Waals surface area contributed by atoms with Crippen molar-refractivity contribution < 1.29 is 19.4 Å². The van der Waals surface area contributed by atoms with E-state index < -0.39 is 5.97 Å². The zero-order chi connectivity index (χ0) is 18.6. The van der Waals surface area contributed by atoms with Crippen LogP contribution in [-0.2, 0) is 16.1 Å². The Labute approximate surface area is 155 Å². The van der Waals surface area contributed by atoms with E-state index in [2.05, 4.69) is 6.92 Å². The van der Waals surface area contributed by atoms with E-state index in [0.29, 0.717) is 13.2 Å². The van der Waals surface area contributed by atoms with Gasteiger partial charge >= 0.3 is 5.97 Å². The van der Waals surface area contributed by atoms with Crippen LogP contribution < -0.4 is 4.74 Å². The largest absolute Gasteiger partial charge is 0.489 e. The smallest absolute Gasteiger partial charge is 0.371 e. The van der Waals surface area contributed by atoms with Gasteiger partial charge in [0.05, 0.1) is 6.61 Å². The highest BCUT2D eigenvalue weighted by molar-refractivity contribution is 5.89. The van der Waals surface area contributed by atoms with Crippen LogP contribution in [0.5, 0.6) is 5.75 Å². The Balaban J connectivity index is 1.89. The third-order valence-corrected chi connectivity index (χ3v) is 3.89. The van der Waals surface area contributed by atoms with Crippen LogP contribution >= 0.6 is 0 Å². The Morgan fingerprint density at radius 2 is 1.73 bits per heavy atom. The molecule has 0 unspecified atom stereocenters. The fourth-order valence-corrected chi connectivity index (χ4v) is 2.43. The molecule has 2 aromatic carbocycles. The van der Waals surface area contributed by atoms with Crippen molar-refractivity contribution in [2.24, 2.45) is 0 Å². The van der Waals surface area contributed by atoms with E-state index in [1.165, 1.54) is 0 Å².